The van der Waals surface area contributed by atoms with Gasteiger partial charge in [-0.05, 0) is 31.2 Å². The zero-order valence-corrected chi connectivity index (χ0v) is 10.7. The van der Waals surface area contributed by atoms with E-state index in [9.17, 15) is 9.90 Å². The summed E-state index contributed by atoms with van der Waals surface area (Å²) in [5, 5.41) is 12.5. The molecular weight excluding hydrogens is 246 g/mol. The Morgan fingerprint density at radius 1 is 1.42 bits per heavy atom. The lowest BCUT2D eigenvalue weighted by Gasteiger charge is -2.12. The minimum absolute atomic E-state index is 0.122. The largest absolute Gasteiger partial charge is 0.507 e. The summed E-state index contributed by atoms with van der Waals surface area (Å²) >= 11 is 0. The fourth-order valence-electron chi connectivity index (χ4n) is 1.71. The van der Waals surface area contributed by atoms with Gasteiger partial charge in [0.1, 0.15) is 17.3 Å². The zero-order chi connectivity index (χ0) is 13.8. The van der Waals surface area contributed by atoms with Crippen molar-refractivity contribution in [1.29, 1.82) is 0 Å². The van der Waals surface area contributed by atoms with Crippen molar-refractivity contribution >= 4 is 5.91 Å². The summed E-state index contributed by atoms with van der Waals surface area (Å²) in [6.45, 7) is 1.80. The van der Waals surface area contributed by atoms with Gasteiger partial charge in [-0.2, -0.15) is 0 Å². The van der Waals surface area contributed by atoms with Crippen molar-refractivity contribution in [2.75, 3.05) is 7.11 Å². The molecule has 0 spiro atoms. The molecule has 0 bridgehead atoms. The van der Waals surface area contributed by atoms with Crippen LogP contribution in [0.5, 0.6) is 11.5 Å². The summed E-state index contributed by atoms with van der Waals surface area (Å²) in [5.74, 6) is 0.655. The summed E-state index contributed by atoms with van der Waals surface area (Å²) < 4.78 is 10.2. The quantitative estimate of drug-likeness (QED) is 0.887. The van der Waals surface area contributed by atoms with E-state index in [2.05, 4.69) is 5.32 Å². The van der Waals surface area contributed by atoms with Gasteiger partial charge in [-0.15, -0.1) is 0 Å². The van der Waals surface area contributed by atoms with E-state index < -0.39 is 0 Å². The number of carbonyl (C=O) groups excluding carboxylic acids is 1. The van der Waals surface area contributed by atoms with E-state index in [1.54, 1.807) is 31.4 Å². The highest BCUT2D eigenvalue weighted by atomic mass is 16.5. The Bertz CT molecular complexity index is 563. The van der Waals surface area contributed by atoms with Crippen LogP contribution >= 0.6 is 0 Å². The molecule has 5 nitrogen and oxygen atoms in total. The molecule has 5 heteroatoms. The number of carbonyl (C=O) groups is 1. The Labute approximate surface area is 110 Å². The van der Waals surface area contributed by atoms with Gasteiger partial charge in [0.05, 0.1) is 25.0 Å². The third-order valence-electron chi connectivity index (χ3n) is 2.77. The number of amides is 1. The molecule has 1 unspecified atom stereocenters. The smallest absolute Gasteiger partial charge is 0.255 e. The van der Waals surface area contributed by atoms with Crippen LogP contribution in [0.25, 0.3) is 0 Å². The SMILES string of the molecule is COc1ccc(C(=O)NC(C)c2ccco2)c(O)c1. The summed E-state index contributed by atoms with van der Waals surface area (Å²) in [6, 6.07) is 7.78. The summed E-state index contributed by atoms with van der Waals surface area (Å²) in [4.78, 5) is 12.0. The highest BCUT2D eigenvalue weighted by molar-refractivity contribution is 5.97. The van der Waals surface area contributed by atoms with E-state index in [1.165, 1.54) is 19.2 Å². The summed E-state index contributed by atoms with van der Waals surface area (Å²) in [5.41, 5.74) is 0.194. The minimum atomic E-state index is -0.371. The minimum Gasteiger partial charge on any atom is -0.507 e. The number of benzene rings is 1. The first-order chi connectivity index (χ1) is 9.11. The van der Waals surface area contributed by atoms with Crippen LogP contribution in [0.1, 0.15) is 29.1 Å². The second kappa shape index (κ2) is 5.48. The van der Waals surface area contributed by atoms with Crippen molar-refractivity contribution in [3.05, 3.63) is 47.9 Å². The van der Waals surface area contributed by atoms with Crippen molar-refractivity contribution in [3.8, 4) is 11.5 Å². The maximum Gasteiger partial charge on any atom is 0.255 e. The molecule has 0 radical (unpaired) electrons. The molecule has 1 heterocycles. The summed E-state index contributed by atoms with van der Waals surface area (Å²) in [7, 11) is 1.49. The monoisotopic (exact) mass is 261 g/mol. The maximum absolute atomic E-state index is 12.0. The lowest BCUT2D eigenvalue weighted by atomic mass is 10.1. The van der Waals surface area contributed by atoms with Crippen molar-refractivity contribution in [2.45, 2.75) is 13.0 Å². The predicted octanol–water partition coefficient (Wildman–Crippen LogP) is 2.48. The van der Waals surface area contributed by atoms with E-state index in [-0.39, 0.29) is 23.3 Å². The van der Waals surface area contributed by atoms with E-state index in [4.69, 9.17) is 9.15 Å². The highest BCUT2D eigenvalue weighted by Gasteiger charge is 2.16. The molecule has 19 heavy (non-hydrogen) atoms. The number of methoxy groups -OCH3 is 1. The Morgan fingerprint density at radius 2 is 2.21 bits per heavy atom. The number of aromatic hydroxyl groups is 1. The maximum atomic E-state index is 12.0. The Hall–Kier alpha value is -2.43. The number of ether oxygens (including phenoxy) is 1. The molecule has 2 N–H and O–H groups in total. The van der Waals surface area contributed by atoms with Crippen LogP contribution in [0.15, 0.2) is 41.0 Å². The van der Waals surface area contributed by atoms with E-state index >= 15 is 0 Å². The van der Waals surface area contributed by atoms with Crippen molar-refractivity contribution < 1.29 is 19.1 Å². The lowest BCUT2D eigenvalue weighted by molar-refractivity contribution is 0.0932. The Kier molecular flexibility index (Phi) is 3.75. The fourth-order valence-corrected chi connectivity index (χ4v) is 1.71. The number of furan rings is 1. The van der Waals surface area contributed by atoms with Crippen molar-refractivity contribution in [1.82, 2.24) is 5.32 Å². The van der Waals surface area contributed by atoms with Gasteiger partial charge >= 0.3 is 0 Å². The fraction of sp³-hybridized carbons (Fsp3) is 0.214. The van der Waals surface area contributed by atoms with Crippen LogP contribution < -0.4 is 10.1 Å². The topological polar surface area (TPSA) is 71.7 Å². The molecule has 2 rings (SSSR count). The van der Waals surface area contributed by atoms with E-state index in [0.29, 0.717) is 11.5 Å². The number of phenols is 1. The normalized spacial score (nSPS) is 11.9. The molecule has 0 aliphatic rings. The van der Waals surface area contributed by atoms with Gasteiger partial charge in [0, 0.05) is 6.07 Å². The molecule has 1 atom stereocenters. The van der Waals surface area contributed by atoms with Crippen molar-refractivity contribution in [3.63, 3.8) is 0 Å². The molecule has 2 aromatic rings. The number of hydrogen-bond donors (Lipinski definition) is 2. The molecule has 1 aromatic carbocycles. The van der Waals surface area contributed by atoms with Gasteiger partial charge in [0.2, 0.25) is 0 Å². The molecule has 0 aliphatic heterocycles. The number of rotatable bonds is 4. The molecule has 1 amide bonds. The Balaban J connectivity index is 2.12. The van der Waals surface area contributed by atoms with E-state index in [0.717, 1.165) is 0 Å². The second-order valence-electron chi connectivity index (χ2n) is 4.09. The number of hydrogen-bond acceptors (Lipinski definition) is 4. The zero-order valence-electron chi connectivity index (χ0n) is 10.7. The standard InChI is InChI=1S/C14H15NO4/c1-9(13-4-3-7-19-13)15-14(17)11-6-5-10(18-2)8-12(11)16/h3-9,16H,1-2H3,(H,15,17). The molecule has 0 fully saturated rings. The van der Waals surface area contributed by atoms with Gasteiger partial charge in [0.15, 0.2) is 0 Å². The molecular formula is C14H15NO4. The first-order valence-corrected chi connectivity index (χ1v) is 5.83. The first kappa shape index (κ1) is 13.0. The highest BCUT2D eigenvalue weighted by Crippen LogP contribution is 2.24. The summed E-state index contributed by atoms with van der Waals surface area (Å²) in [6.07, 6.45) is 1.54. The predicted molar refractivity (Wildman–Crippen MR) is 69.2 cm³/mol. The second-order valence-corrected chi connectivity index (χ2v) is 4.09. The van der Waals surface area contributed by atoms with Gasteiger partial charge in [-0.1, -0.05) is 0 Å². The lowest BCUT2D eigenvalue weighted by Crippen LogP contribution is -2.26. The number of nitrogens with one attached hydrogen (secondary N) is 1. The number of phenolic OH excluding ortho intramolecular Hbond substituents is 1. The third-order valence-corrected chi connectivity index (χ3v) is 2.77. The van der Waals surface area contributed by atoms with Crippen LogP contribution in [0, 0.1) is 0 Å². The first-order valence-electron chi connectivity index (χ1n) is 5.83. The van der Waals surface area contributed by atoms with Gasteiger partial charge in [-0.25, -0.2) is 0 Å². The van der Waals surface area contributed by atoms with Gasteiger partial charge < -0.3 is 19.6 Å². The third kappa shape index (κ3) is 2.88. The molecule has 0 aliphatic carbocycles. The average Bonchev–Trinajstić information content (AvgIpc) is 2.92. The van der Waals surface area contributed by atoms with E-state index in [1.807, 2.05) is 0 Å². The van der Waals surface area contributed by atoms with Crippen LogP contribution in [0.2, 0.25) is 0 Å². The molecule has 100 valence electrons. The van der Waals surface area contributed by atoms with Gasteiger partial charge in [-0.3, -0.25) is 4.79 Å². The van der Waals surface area contributed by atoms with Crippen LogP contribution in [0.4, 0.5) is 0 Å². The van der Waals surface area contributed by atoms with Crippen LogP contribution in [-0.4, -0.2) is 18.1 Å². The van der Waals surface area contributed by atoms with Crippen LogP contribution in [-0.2, 0) is 0 Å². The van der Waals surface area contributed by atoms with Gasteiger partial charge in [0.25, 0.3) is 5.91 Å². The average molecular weight is 261 g/mol. The molecule has 0 saturated carbocycles. The van der Waals surface area contributed by atoms with Crippen molar-refractivity contribution in [2.24, 2.45) is 0 Å². The molecule has 0 saturated heterocycles. The van der Waals surface area contributed by atoms with Crippen LogP contribution in [0.3, 0.4) is 0 Å². The Morgan fingerprint density at radius 3 is 2.79 bits per heavy atom. The molecule has 1 aromatic heterocycles.